The van der Waals surface area contributed by atoms with Gasteiger partial charge in [0.25, 0.3) is 0 Å². The molecule has 0 aliphatic rings. The van der Waals surface area contributed by atoms with Gasteiger partial charge in [-0.25, -0.2) is 4.79 Å². The SMILES string of the molecule is CCOC(=O)C(=Cc1cc(C(C)(C)C)c(O)c(C(C)(C)C)c1)P(=O)(OCC)OCC. The van der Waals surface area contributed by atoms with Crippen molar-refractivity contribution in [1.29, 1.82) is 0 Å². The summed E-state index contributed by atoms with van der Waals surface area (Å²) in [6, 6.07) is 3.60. The van der Waals surface area contributed by atoms with E-state index >= 15 is 0 Å². The molecule has 0 atom stereocenters. The van der Waals surface area contributed by atoms with Crippen LogP contribution in [0.25, 0.3) is 6.08 Å². The molecule has 0 saturated carbocycles. The fraction of sp³-hybridized carbons (Fsp3) is 0.609. The number of benzene rings is 1. The van der Waals surface area contributed by atoms with Crippen molar-refractivity contribution in [1.82, 2.24) is 0 Å². The van der Waals surface area contributed by atoms with Crippen LogP contribution < -0.4 is 0 Å². The van der Waals surface area contributed by atoms with Gasteiger partial charge < -0.3 is 18.9 Å². The third kappa shape index (κ3) is 6.44. The highest BCUT2D eigenvalue weighted by Gasteiger charge is 2.36. The summed E-state index contributed by atoms with van der Waals surface area (Å²) in [7, 11) is -3.88. The summed E-state index contributed by atoms with van der Waals surface area (Å²) in [5.41, 5.74) is 1.38. The van der Waals surface area contributed by atoms with Gasteiger partial charge in [-0.2, -0.15) is 0 Å². The normalized spacial score (nSPS) is 13.4. The second-order valence-corrected chi connectivity index (χ2v) is 11.0. The molecule has 0 aliphatic heterocycles. The minimum absolute atomic E-state index is 0.115. The van der Waals surface area contributed by atoms with Crippen LogP contribution in [0.5, 0.6) is 5.75 Å². The van der Waals surface area contributed by atoms with Crippen LogP contribution in [0.2, 0.25) is 0 Å². The van der Waals surface area contributed by atoms with E-state index in [-0.39, 0.29) is 41.7 Å². The Morgan fingerprint density at radius 2 is 1.37 bits per heavy atom. The number of carbonyl (C=O) groups is 1. The Balaban J connectivity index is 3.86. The average Bonchev–Trinajstić information content (AvgIpc) is 2.59. The predicted molar refractivity (Wildman–Crippen MR) is 121 cm³/mol. The van der Waals surface area contributed by atoms with Gasteiger partial charge in [0.05, 0.1) is 19.8 Å². The van der Waals surface area contributed by atoms with Gasteiger partial charge >= 0.3 is 13.6 Å². The largest absolute Gasteiger partial charge is 0.507 e. The van der Waals surface area contributed by atoms with Crippen molar-refractivity contribution in [2.24, 2.45) is 0 Å². The lowest BCUT2D eigenvalue weighted by atomic mass is 9.78. The molecule has 0 bridgehead atoms. The molecule has 0 heterocycles. The zero-order valence-corrected chi connectivity index (χ0v) is 20.7. The molecule has 1 aromatic rings. The lowest BCUT2D eigenvalue weighted by Gasteiger charge is -2.28. The average molecular weight is 441 g/mol. The van der Waals surface area contributed by atoms with Crippen LogP contribution in [0.15, 0.2) is 17.4 Å². The second kappa shape index (κ2) is 10.1. The molecule has 30 heavy (non-hydrogen) atoms. The number of phenolic OH excluding ortho intramolecular Hbond substituents is 1. The van der Waals surface area contributed by atoms with Crippen LogP contribution >= 0.6 is 7.60 Å². The van der Waals surface area contributed by atoms with Gasteiger partial charge in [-0.05, 0) is 55.4 Å². The first kappa shape index (κ1) is 26.4. The molecule has 1 N–H and O–H groups in total. The Hall–Kier alpha value is -1.62. The van der Waals surface area contributed by atoms with Crippen LogP contribution in [0, 0.1) is 0 Å². The molecule has 6 nitrogen and oxygen atoms in total. The number of aromatic hydroxyl groups is 1. The van der Waals surface area contributed by atoms with Gasteiger partial charge in [0.2, 0.25) is 0 Å². The van der Waals surface area contributed by atoms with Crippen molar-refractivity contribution in [2.75, 3.05) is 19.8 Å². The molecule has 170 valence electrons. The van der Waals surface area contributed by atoms with E-state index in [1.165, 1.54) is 6.08 Å². The molecule has 0 spiro atoms. The minimum Gasteiger partial charge on any atom is -0.507 e. The fourth-order valence-corrected chi connectivity index (χ4v) is 4.64. The highest BCUT2D eigenvalue weighted by molar-refractivity contribution is 7.60. The molecule has 0 aliphatic carbocycles. The van der Waals surface area contributed by atoms with Crippen molar-refractivity contribution in [3.63, 3.8) is 0 Å². The summed E-state index contributed by atoms with van der Waals surface area (Å²) in [6.07, 6.45) is 1.49. The number of ether oxygens (including phenoxy) is 1. The zero-order chi connectivity index (χ0) is 23.3. The number of rotatable bonds is 8. The number of carbonyl (C=O) groups excluding carboxylic acids is 1. The highest BCUT2D eigenvalue weighted by Crippen LogP contribution is 2.57. The number of hydrogen-bond acceptors (Lipinski definition) is 6. The van der Waals surface area contributed by atoms with E-state index in [4.69, 9.17) is 13.8 Å². The maximum absolute atomic E-state index is 13.4. The first-order chi connectivity index (χ1) is 13.7. The van der Waals surface area contributed by atoms with Crippen LogP contribution in [-0.4, -0.2) is 30.9 Å². The van der Waals surface area contributed by atoms with Gasteiger partial charge in [-0.15, -0.1) is 0 Å². The zero-order valence-electron chi connectivity index (χ0n) is 19.8. The van der Waals surface area contributed by atoms with Gasteiger partial charge in [0.1, 0.15) is 11.1 Å². The van der Waals surface area contributed by atoms with E-state index in [0.717, 1.165) is 11.1 Å². The standard InChI is InChI=1S/C23H37O6P/c1-10-27-21(25)19(30(26,28-11-2)29-12-3)15-16-13-17(22(4,5)6)20(24)18(14-16)23(7,8)9/h13-15,24H,10-12H2,1-9H3. The fourth-order valence-electron chi connectivity index (χ4n) is 3.01. The van der Waals surface area contributed by atoms with Crippen molar-refractivity contribution < 1.29 is 28.3 Å². The van der Waals surface area contributed by atoms with Crippen LogP contribution in [0.4, 0.5) is 0 Å². The van der Waals surface area contributed by atoms with E-state index in [1.54, 1.807) is 32.9 Å². The van der Waals surface area contributed by atoms with Gasteiger partial charge in [0, 0.05) is 11.1 Å². The second-order valence-electron chi connectivity index (χ2n) is 9.05. The summed E-state index contributed by atoms with van der Waals surface area (Å²) in [4.78, 5) is 12.7. The summed E-state index contributed by atoms with van der Waals surface area (Å²) in [5, 5.41) is 10.8. The summed E-state index contributed by atoms with van der Waals surface area (Å²) in [6.45, 7) is 17.4. The highest BCUT2D eigenvalue weighted by atomic mass is 31.2. The van der Waals surface area contributed by atoms with Crippen molar-refractivity contribution in [3.05, 3.63) is 34.1 Å². The smallest absolute Gasteiger partial charge is 0.368 e. The molecule has 1 aromatic carbocycles. The molecule has 0 fully saturated rings. The molecule has 0 radical (unpaired) electrons. The summed E-state index contributed by atoms with van der Waals surface area (Å²) in [5.74, 6) is -0.520. The Labute approximate surface area is 181 Å². The van der Waals surface area contributed by atoms with Crippen LogP contribution in [0.3, 0.4) is 0 Å². The van der Waals surface area contributed by atoms with E-state index in [9.17, 15) is 14.5 Å². The third-order valence-electron chi connectivity index (χ3n) is 4.43. The maximum Gasteiger partial charge on any atom is 0.368 e. The minimum atomic E-state index is -3.88. The van der Waals surface area contributed by atoms with E-state index in [2.05, 4.69) is 0 Å². The Kier molecular flexibility index (Phi) is 8.92. The Morgan fingerprint density at radius 3 is 1.70 bits per heavy atom. The van der Waals surface area contributed by atoms with Crippen LogP contribution in [0.1, 0.15) is 79.0 Å². The van der Waals surface area contributed by atoms with Gasteiger partial charge in [-0.1, -0.05) is 41.5 Å². The Bertz CT molecular complexity index is 782. The summed E-state index contributed by atoms with van der Waals surface area (Å²) >= 11 is 0. The van der Waals surface area contributed by atoms with Crippen molar-refractivity contribution in [3.8, 4) is 5.75 Å². The van der Waals surface area contributed by atoms with E-state index < -0.39 is 13.6 Å². The molecule has 0 amide bonds. The maximum atomic E-state index is 13.4. The molecule has 1 rings (SSSR count). The van der Waals surface area contributed by atoms with E-state index in [1.807, 2.05) is 41.5 Å². The Morgan fingerprint density at radius 1 is 0.933 bits per heavy atom. The monoisotopic (exact) mass is 440 g/mol. The number of esters is 1. The van der Waals surface area contributed by atoms with Gasteiger partial charge in [-0.3, -0.25) is 4.57 Å². The third-order valence-corrected chi connectivity index (χ3v) is 6.53. The number of phenols is 1. The van der Waals surface area contributed by atoms with Gasteiger partial charge in [0.15, 0.2) is 0 Å². The molecule has 7 heteroatoms. The van der Waals surface area contributed by atoms with Crippen molar-refractivity contribution in [2.45, 2.75) is 73.1 Å². The van der Waals surface area contributed by atoms with E-state index in [0.29, 0.717) is 5.56 Å². The molecular formula is C23H37O6P. The molecule has 0 saturated heterocycles. The molecule has 0 aromatic heterocycles. The predicted octanol–water partition coefficient (Wildman–Crippen LogP) is 6.16. The first-order valence-electron chi connectivity index (χ1n) is 10.4. The van der Waals surface area contributed by atoms with Crippen molar-refractivity contribution >= 4 is 19.6 Å². The van der Waals surface area contributed by atoms with Crippen LogP contribution in [-0.2, 0) is 34.0 Å². The molecule has 0 unspecified atom stereocenters. The summed E-state index contributed by atoms with van der Waals surface area (Å²) < 4.78 is 29.4. The first-order valence-corrected chi connectivity index (χ1v) is 11.9. The topological polar surface area (TPSA) is 82.1 Å². The quantitative estimate of drug-likeness (QED) is 0.296. The lowest BCUT2D eigenvalue weighted by Crippen LogP contribution is -2.17. The lowest BCUT2D eigenvalue weighted by molar-refractivity contribution is -0.137. The number of hydrogen-bond donors (Lipinski definition) is 1. The molecular weight excluding hydrogens is 403 g/mol.